The van der Waals surface area contributed by atoms with Crippen LogP contribution in [-0.2, 0) is 9.53 Å². The van der Waals surface area contributed by atoms with Crippen molar-refractivity contribution in [3.8, 4) is 17.7 Å². The zero-order valence-corrected chi connectivity index (χ0v) is 20.7. The minimum absolute atomic E-state index is 0.0158. The molecule has 0 saturated heterocycles. The number of hydrogen-bond donors (Lipinski definition) is 1. The van der Waals surface area contributed by atoms with Crippen LogP contribution < -0.4 is 15.6 Å². The summed E-state index contributed by atoms with van der Waals surface area (Å²) in [6.07, 6.45) is 3.54. The number of ether oxygens (including phenoxy) is 2. The average Bonchev–Trinajstić information content (AvgIpc) is 2.78. The highest BCUT2D eigenvalue weighted by Crippen LogP contribution is 2.26. The summed E-state index contributed by atoms with van der Waals surface area (Å²) in [4.78, 5) is 30.6. The Morgan fingerprint density at radius 1 is 1.23 bits per heavy atom. The van der Waals surface area contributed by atoms with Crippen molar-refractivity contribution in [3.05, 3.63) is 74.7 Å². The smallest absolute Gasteiger partial charge is 0.269 e. The first kappa shape index (κ1) is 25.7. The van der Waals surface area contributed by atoms with Crippen LogP contribution in [0.1, 0.15) is 42.5 Å². The second-order valence-electron chi connectivity index (χ2n) is 8.64. The van der Waals surface area contributed by atoms with Crippen molar-refractivity contribution in [1.82, 2.24) is 14.7 Å². The fourth-order valence-corrected chi connectivity index (χ4v) is 3.58. The maximum atomic E-state index is 13.4. The van der Waals surface area contributed by atoms with Gasteiger partial charge >= 0.3 is 0 Å². The highest BCUT2D eigenvalue weighted by Gasteiger charge is 2.18. The third-order valence-corrected chi connectivity index (χ3v) is 5.17. The number of rotatable bonds is 9. The fourth-order valence-electron chi connectivity index (χ4n) is 3.58. The van der Waals surface area contributed by atoms with Crippen LogP contribution in [0.4, 0.5) is 0 Å². The van der Waals surface area contributed by atoms with Crippen LogP contribution in [0.2, 0.25) is 0 Å². The van der Waals surface area contributed by atoms with E-state index < -0.39 is 11.5 Å². The molecule has 3 rings (SSSR count). The lowest BCUT2D eigenvalue weighted by molar-refractivity contribution is -0.117. The van der Waals surface area contributed by atoms with Crippen LogP contribution in [0.3, 0.4) is 0 Å². The lowest BCUT2D eigenvalue weighted by Crippen LogP contribution is -2.27. The van der Waals surface area contributed by atoms with E-state index in [1.165, 1.54) is 10.5 Å². The maximum Gasteiger partial charge on any atom is 0.269 e. The number of hydrogen-bond acceptors (Lipinski definition) is 6. The van der Waals surface area contributed by atoms with Gasteiger partial charge in [-0.05, 0) is 82.0 Å². The molecule has 1 amide bonds. The van der Waals surface area contributed by atoms with E-state index in [2.05, 4.69) is 10.3 Å². The molecule has 0 aliphatic heterocycles. The van der Waals surface area contributed by atoms with Crippen LogP contribution in [0.15, 0.2) is 46.9 Å². The molecular weight excluding hydrogens is 444 g/mol. The van der Waals surface area contributed by atoms with Crippen molar-refractivity contribution < 1.29 is 14.3 Å². The quantitative estimate of drug-likeness (QED) is 0.282. The lowest BCUT2D eigenvalue weighted by Gasteiger charge is -2.12. The van der Waals surface area contributed by atoms with Gasteiger partial charge in [-0.2, -0.15) is 10.2 Å². The topological polar surface area (TPSA) is 106 Å². The molecule has 0 aliphatic carbocycles. The number of carbonyl (C=O) groups excluding carboxylic acids is 1. The van der Waals surface area contributed by atoms with E-state index in [4.69, 9.17) is 9.47 Å². The number of fused-ring (bicyclic) bond motifs is 1. The molecule has 0 bridgehead atoms. The molecule has 2 aromatic heterocycles. The number of nitrogens with zero attached hydrogens (tertiary/aromatic N) is 3. The molecule has 8 heteroatoms. The largest absolute Gasteiger partial charge is 0.438 e. The highest BCUT2D eigenvalue weighted by atomic mass is 16.5. The molecule has 1 aromatic carbocycles. The van der Waals surface area contributed by atoms with Gasteiger partial charge in [-0.1, -0.05) is 12.1 Å². The molecule has 0 spiro atoms. The number of aryl methyl sites for hydroxylation is 3. The standard InChI is InChI=1S/C27H30N4O4/c1-17(2)34-11-7-9-29-25(32)21(16-28)15-23-26(35-22-13-18(3)12-19(4)14-22)30-24-20(5)8-6-10-31(24)27(23)33/h6,8,10,12-15,17H,7,9,11H2,1-5H3,(H,29,32). The molecule has 0 aliphatic rings. The normalized spacial score (nSPS) is 11.5. The Morgan fingerprint density at radius 2 is 1.94 bits per heavy atom. The zero-order chi connectivity index (χ0) is 25.5. The molecule has 0 atom stereocenters. The van der Waals surface area contributed by atoms with E-state index in [1.807, 2.05) is 65.0 Å². The molecule has 182 valence electrons. The molecule has 0 unspecified atom stereocenters. The number of amides is 1. The molecule has 35 heavy (non-hydrogen) atoms. The van der Waals surface area contributed by atoms with Gasteiger partial charge in [-0.15, -0.1) is 0 Å². The number of aromatic nitrogens is 2. The number of nitrogens with one attached hydrogen (secondary N) is 1. The molecule has 0 saturated carbocycles. The predicted octanol–water partition coefficient (Wildman–Crippen LogP) is 4.25. The van der Waals surface area contributed by atoms with E-state index in [9.17, 15) is 14.9 Å². The van der Waals surface area contributed by atoms with Crippen LogP contribution in [0, 0.1) is 32.1 Å². The fraction of sp³-hybridized carbons (Fsp3) is 0.333. The molecule has 2 heterocycles. The van der Waals surface area contributed by atoms with Crippen molar-refractivity contribution in [3.63, 3.8) is 0 Å². The summed E-state index contributed by atoms with van der Waals surface area (Å²) in [6.45, 7) is 10.4. The Kier molecular flexibility index (Phi) is 8.39. The SMILES string of the molecule is Cc1cc(C)cc(Oc2nc3c(C)cccn3c(=O)c2C=C(C#N)C(=O)NCCCOC(C)C)c1. The van der Waals surface area contributed by atoms with Crippen molar-refractivity contribution in [2.45, 2.75) is 47.1 Å². The summed E-state index contributed by atoms with van der Waals surface area (Å²) in [5.41, 5.74) is 2.56. The number of benzene rings is 1. The van der Waals surface area contributed by atoms with Crippen molar-refractivity contribution in [1.29, 1.82) is 5.26 Å². The maximum absolute atomic E-state index is 13.4. The number of nitriles is 1. The molecular formula is C27H30N4O4. The van der Waals surface area contributed by atoms with Gasteiger partial charge in [0.15, 0.2) is 0 Å². The van der Waals surface area contributed by atoms with E-state index in [1.54, 1.807) is 12.3 Å². The second-order valence-corrected chi connectivity index (χ2v) is 8.64. The Labute approximate surface area is 204 Å². The van der Waals surface area contributed by atoms with Crippen LogP contribution in [0.25, 0.3) is 11.7 Å². The van der Waals surface area contributed by atoms with Crippen LogP contribution in [0.5, 0.6) is 11.6 Å². The predicted molar refractivity (Wildman–Crippen MR) is 134 cm³/mol. The molecule has 1 N–H and O–H groups in total. The lowest BCUT2D eigenvalue weighted by atomic mass is 10.1. The van der Waals surface area contributed by atoms with Gasteiger partial charge in [0.25, 0.3) is 11.5 Å². The minimum atomic E-state index is -0.580. The van der Waals surface area contributed by atoms with Crippen LogP contribution in [-0.4, -0.2) is 34.5 Å². The summed E-state index contributed by atoms with van der Waals surface area (Å²) in [5.74, 6) is -0.0431. The van der Waals surface area contributed by atoms with Gasteiger partial charge in [-0.25, -0.2) is 0 Å². The van der Waals surface area contributed by atoms with E-state index >= 15 is 0 Å². The number of carbonyl (C=O) groups is 1. The number of pyridine rings is 1. The summed E-state index contributed by atoms with van der Waals surface area (Å²) in [7, 11) is 0. The first-order valence-electron chi connectivity index (χ1n) is 11.5. The summed E-state index contributed by atoms with van der Waals surface area (Å²) >= 11 is 0. The molecule has 3 aromatic rings. The van der Waals surface area contributed by atoms with Crippen LogP contribution >= 0.6 is 0 Å². The van der Waals surface area contributed by atoms with Crippen molar-refractivity contribution >= 4 is 17.6 Å². The average molecular weight is 475 g/mol. The third-order valence-electron chi connectivity index (χ3n) is 5.17. The first-order chi connectivity index (χ1) is 16.7. The Balaban J connectivity index is 2.01. The second kappa shape index (κ2) is 11.4. The summed E-state index contributed by atoms with van der Waals surface area (Å²) in [6, 6.07) is 11.1. The Hall–Kier alpha value is -3.96. The van der Waals surface area contributed by atoms with E-state index in [0.717, 1.165) is 16.7 Å². The monoisotopic (exact) mass is 474 g/mol. The van der Waals surface area contributed by atoms with Crippen molar-refractivity contribution in [2.75, 3.05) is 13.2 Å². The zero-order valence-electron chi connectivity index (χ0n) is 20.7. The van der Waals surface area contributed by atoms with Gasteiger partial charge < -0.3 is 14.8 Å². The third kappa shape index (κ3) is 6.55. The van der Waals surface area contributed by atoms with Gasteiger partial charge in [0.05, 0.1) is 6.10 Å². The van der Waals surface area contributed by atoms with Crippen molar-refractivity contribution in [2.24, 2.45) is 0 Å². The van der Waals surface area contributed by atoms with Gasteiger partial charge in [0, 0.05) is 19.3 Å². The summed E-state index contributed by atoms with van der Waals surface area (Å²) in [5, 5.41) is 12.4. The van der Waals surface area contributed by atoms with E-state index in [-0.39, 0.29) is 23.1 Å². The Morgan fingerprint density at radius 3 is 2.60 bits per heavy atom. The Bertz CT molecular complexity index is 1350. The molecule has 0 fully saturated rings. The van der Waals surface area contributed by atoms with Gasteiger partial charge in [0.2, 0.25) is 5.88 Å². The van der Waals surface area contributed by atoms with Gasteiger partial charge in [-0.3, -0.25) is 14.0 Å². The molecule has 0 radical (unpaired) electrons. The molecule has 8 nitrogen and oxygen atoms in total. The first-order valence-corrected chi connectivity index (χ1v) is 11.5. The highest BCUT2D eigenvalue weighted by molar-refractivity contribution is 6.01. The van der Waals surface area contributed by atoms with E-state index in [0.29, 0.717) is 31.0 Å². The van der Waals surface area contributed by atoms with Gasteiger partial charge in [0.1, 0.15) is 28.6 Å². The minimum Gasteiger partial charge on any atom is -0.438 e. The summed E-state index contributed by atoms with van der Waals surface area (Å²) < 4.78 is 12.9.